The lowest BCUT2D eigenvalue weighted by Gasteiger charge is -2.09. The number of carbonyl (C=O) groups is 1. The van der Waals surface area contributed by atoms with Gasteiger partial charge in [0, 0.05) is 5.56 Å². The van der Waals surface area contributed by atoms with E-state index in [-0.39, 0.29) is 22.0 Å². The quantitative estimate of drug-likeness (QED) is 0.696. The van der Waals surface area contributed by atoms with Gasteiger partial charge in [-0.3, -0.25) is 4.79 Å². The molecule has 1 aromatic heterocycles. The van der Waals surface area contributed by atoms with Crippen LogP contribution in [0.15, 0.2) is 51.7 Å². The SMILES string of the molecule is O=C(O)C(O)c1cccc2c(=O)c3ccccc3oc12. The van der Waals surface area contributed by atoms with Gasteiger partial charge < -0.3 is 14.6 Å². The molecule has 1 heterocycles. The lowest BCUT2D eigenvalue weighted by molar-refractivity contribution is -0.146. The first kappa shape index (κ1) is 12.4. The molecule has 0 amide bonds. The minimum absolute atomic E-state index is 0.0675. The Kier molecular flexibility index (Phi) is 2.76. The van der Waals surface area contributed by atoms with Crippen LogP contribution in [0.25, 0.3) is 21.9 Å². The lowest BCUT2D eigenvalue weighted by atomic mass is 10.0. The molecule has 100 valence electrons. The minimum Gasteiger partial charge on any atom is -0.479 e. The van der Waals surface area contributed by atoms with Crippen LogP contribution in [0.5, 0.6) is 0 Å². The normalized spacial score (nSPS) is 12.7. The van der Waals surface area contributed by atoms with Crippen molar-refractivity contribution in [1.29, 1.82) is 0 Å². The molecule has 0 aliphatic heterocycles. The molecule has 0 aliphatic rings. The summed E-state index contributed by atoms with van der Waals surface area (Å²) < 4.78 is 5.61. The van der Waals surface area contributed by atoms with Gasteiger partial charge in [0.25, 0.3) is 0 Å². The van der Waals surface area contributed by atoms with Crippen molar-refractivity contribution in [3.8, 4) is 0 Å². The molecule has 0 saturated heterocycles. The van der Waals surface area contributed by atoms with E-state index in [1.54, 1.807) is 30.3 Å². The van der Waals surface area contributed by atoms with E-state index in [0.717, 1.165) is 0 Å². The number of hydrogen-bond donors (Lipinski definition) is 2. The Balaban J connectivity index is 2.46. The Morgan fingerprint density at radius 2 is 1.75 bits per heavy atom. The van der Waals surface area contributed by atoms with Crippen LogP contribution in [-0.2, 0) is 4.79 Å². The van der Waals surface area contributed by atoms with Crippen molar-refractivity contribution in [3.63, 3.8) is 0 Å². The summed E-state index contributed by atoms with van der Waals surface area (Å²) in [6.07, 6.45) is -1.73. The highest BCUT2D eigenvalue weighted by Crippen LogP contribution is 2.26. The maximum atomic E-state index is 12.3. The first-order valence-electron chi connectivity index (χ1n) is 5.95. The third-order valence-electron chi connectivity index (χ3n) is 3.16. The van der Waals surface area contributed by atoms with E-state index in [1.807, 2.05) is 0 Å². The number of benzene rings is 2. The number of rotatable bonds is 2. The van der Waals surface area contributed by atoms with Crippen molar-refractivity contribution in [1.82, 2.24) is 0 Å². The van der Waals surface area contributed by atoms with E-state index in [1.165, 1.54) is 12.1 Å². The van der Waals surface area contributed by atoms with Crippen molar-refractivity contribution in [3.05, 3.63) is 58.3 Å². The van der Waals surface area contributed by atoms with Crippen LogP contribution < -0.4 is 5.43 Å². The van der Waals surface area contributed by atoms with Crippen LogP contribution in [0.3, 0.4) is 0 Å². The van der Waals surface area contributed by atoms with Crippen LogP contribution >= 0.6 is 0 Å². The standard InChI is InChI=1S/C15H10O5/c16-12-8-4-1-2-7-11(8)20-14-9(12)5-3-6-10(14)13(17)15(18)19/h1-7,13,17H,(H,18,19). The largest absolute Gasteiger partial charge is 0.479 e. The highest BCUT2D eigenvalue weighted by atomic mass is 16.4. The maximum absolute atomic E-state index is 12.3. The zero-order chi connectivity index (χ0) is 14.3. The van der Waals surface area contributed by atoms with Crippen LogP contribution in [-0.4, -0.2) is 16.2 Å². The molecule has 3 aromatic rings. The first-order chi connectivity index (χ1) is 9.59. The Labute approximate surface area is 112 Å². The Morgan fingerprint density at radius 3 is 2.50 bits per heavy atom. The van der Waals surface area contributed by atoms with E-state index < -0.39 is 12.1 Å². The van der Waals surface area contributed by atoms with Gasteiger partial charge in [-0.25, -0.2) is 4.79 Å². The summed E-state index contributed by atoms with van der Waals surface area (Å²) in [4.78, 5) is 23.3. The summed E-state index contributed by atoms with van der Waals surface area (Å²) in [6.45, 7) is 0. The van der Waals surface area contributed by atoms with Gasteiger partial charge in [-0.15, -0.1) is 0 Å². The monoisotopic (exact) mass is 270 g/mol. The minimum atomic E-state index is -1.73. The number of carboxylic acids is 1. The fourth-order valence-electron chi connectivity index (χ4n) is 2.19. The smallest absolute Gasteiger partial charge is 0.337 e. The van der Waals surface area contributed by atoms with Gasteiger partial charge in [-0.1, -0.05) is 24.3 Å². The molecular formula is C15H10O5. The summed E-state index contributed by atoms with van der Waals surface area (Å²) in [7, 11) is 0. The van der Waals surface area contributed by atoms with E-state index in [4.69, 9.17) is 9.52 Å². The molecule has 20 heavy (non-hydrogen) atoms. The van der Waals surface area contributed by atoms with Gasteiger partial charge in [0.1, 0.15) is 11.2 Å². The van der Waals surface area contributed by atoms with Gasteiger partial charge in [0.15, 0.2) is 6.10 Å². The summed E-state index contributed by atoms with van der Waals surface area (Å²) in [5, 5.41) is 19.3. The van der Waals surface area contributed by atoms with Gasteiger partial charge in [0.05, 0.1) is 10.8 Å². The second-order valence-electron chi connectivity index (χ2n) is 4.39. The number of aliphatic hydroxyl groups is 1. The fourth-order valence-corrected chi connectivity index (χ4v) is 2.19. The topological polar surface area (TPSA) is 87.7 Å². The van der Waals surface area contributed by atoms with Crippen molar-refractivity contribution < 1.29 is 19.4 Å². The third kappa shape index (κ3) is 1.76. The van der Waals surface area contributed by atoms with Crippen molar-refractivity contribution in [2.45, 2.75) is 6.10 Å². The van der Waals surface area contributed by atoms with Gasteiger partial charge in [-0.2, -0.15) is 0 Å². The van der Waals surface area contributed by atoms with Gasteiger partial charge in [0.2, 0.25) is 5.43 Å². The van der Waals surface area contributed by atoms with E-state index in [2.05, 4.69) is 0 Å². The summed E-state index contributed by atoms with van der Waals surface area (Å²) in [5.41, 5.74) is 0.278. The van der Waals surface area contributed by atoms with Crippen molar-refractivity contribution >= 4 is 27.9 Å². The lowest BCUT2D eigenvalue weighted by Crippen LogP contribution is -2.12. The Morgan fingerprint density at radius 1 is 1.05 bits per heavy atom. The molecule has 0 aliphatic carbocycles. The number of aliphatic carboxylic acids is 1. The second-order valence-corrected chi connectivity index (χ2v) is 4.39. The molecule has 0 saturated carbocycles. The third-order valence-corrected chi connectivity index (χ3v) is 3.16. The van der Waals surface area contributed by atoms with Crippen molar-refractivity contribution in [2.75, 3.05) is 0 Å². The summed E-state index contributed by atoms with van der Waals surface area (Å²) >= 11 is 0. The molecule has 5 heteroatoms. The summed E-state index contributed by atoms with van der Waals surface area (Å²) in [5.74, 6) is -1.40. The Bertz CT molecular complexity index is 878. The molecule has 1 unspecified atom stereocenters. The number of aliphatic hydroxyl groups excluding tert-OH is 1. The number of hydrogen-bond acceptors (Lipinski definition) is 4. The molecule has 5 nitrogen and oxygen atoms in total. The van der Waals surface area contributed by atoms with Gasteiger partial charge in [-0.05, 0) is 18.2 Å². The van der Waals surface area contributed by atoms with Crippen LogP contribution in [0.4, 0.5) is 0 Å². The number of para-hydroxylation sites is 2. The maximum Gasteiger partial charge on any atom is 0.337 e. The Hall–Kier alpha value is -2.66. The van der Waals surface area contributed by atoms with E-state index >= 15 is 0 Å². The second kappa shape index (κ2) is 4.47. The average molecular weight is 270 g/mol. The first-order valence-corrected chi connectivity index (χ1v) is 5.95. The van der Waals surface area contributed by atoms with Crippen LogP contribution in [0.1, 0.15) is 11.7 Å². The number of fused-ring (bicyclic) bond motifs is 2. The predicted molar refractivity (Wildman–Crippen MR) is 72.6 cm³/mol. The average Bonchev–Trinajstić information content (AvgIpc) is 2.46. The van der Waals surface area contributed by atoms with Crippen LogP contribution in [0.2, 0.25) is 0 Å². The van der Waals surface area contributed by atoms with Gasteiger partial charge >= 0.3 is 5.97 Å². The molecule has 1 atom stereocenters. The molecule has 0 fully saturated rings. The highest BCUT2D eigenvalue weighted by molar-refractivity contribution is 5.92. The predicted octanol–water partition coefficient (Wildman–Crippen LogP) is 2.06. The molecule has 0 bridgehead atoms. The number of carboxylic acid groups (broad SMARTS) is 1. The zero-order valence-electron chi connectivity index (χ0n) is 10.2. The molecule has 3 rings (SSSR count). The van der Waals surface area contributed by atoms with E-state index in [0.29, 0.717) is 11.0 Å². The molecule has 0 radical (unpaired) electrons. The molecule has 2 aromatic carbocycles. The van der Waals surface area contributed by atoms with Crippen LogP contribution in [0, 0.1) is 0 Å². The van der Waals surface area contributed by atoms with Crippen molar-refractivity contribution in [2.24, 2.45) is 0 Å². The van der Waals surface area contributed by atoms with E-state index in [9.17, 15) is 14.7 Å². The fraction of sp³-hybridized carbons (Fsp3) is 0.0667. The molecular weight excluding hydrogens is 260 g/mol. The molecule has 2 N–H and O–H groups in total. The summed E-state index contributed by atoms with van der Waals surface area (Å²) in [6, 6.07) is 11.2. The highest BCUT2D eigenvalue weighted by Gasteiger charge is 2.21. The molecule has 0 spiro atoms. The zero-order valence-corrected chi connectivity index (χ0v) is 10.2.